The monoisotopic (exact) mass is 223 g/mol. The van der Waals surface area contributed by atoms with Crippen molar-refractivity contribution in [2.24, 2.45) is 5.92 Å². The molecule has 2 atom stereocenters. The average molecular weight is 223 g/mol. The first-order chi connectivity index (χ1) is 7.79. The van der Waals surface area contributed by atoms with Gasteiger partial charge in [0.25, 0.3) is 0 Å². The second kappa shape index (κ2) is 7.30. The lowest BCUT2D eigenvalue weighted by Crippen LogP contribution is -2.27. The van der Waals surface area contributed by atoms with Gasteiger partial charge in [0.2, 0.25) is 0 Å². The zero-order chi connectivity index (χ0) is 11.8. The van der Waals surface area contributed by atoms with Crippen molar-refractivity contribution < 1.29 is 4.74 Å². The van der Waals surface area contributed by atoms with Gasteiger partial charge >= 0.3 is 0 Å². The van der Waals surface area contributed by atoms with Gasteiger partial charge in [0, 0.05) is 37.7 Å². The molecule has 0 spiro atoms. The molecule has 0 aliphatic carbocycles. The summed E-state index contributed by atoms with van der Waals surface area (Å²) >= 11 is 0. The van der Waals surface area contributed by atoms with E-state index in [2.05, 4.69) is 29.1 Å². The Kier molecular flexibility index (Phi) is 5.96. The smallest absolute Gasteiger partial charge is 0.115 e. The highest BCUT2D eigenvalue weighted by molar-refractivity contribution is 5.10. The average Bonchev–Trinajstić information content (AvgIpc) is 2.34. The molecule has 4 heteroatoms. The van der Waals surface area contributed by atoms with Crippen LogP contribution in [0, 0.1) is 5.92 Å². The van der Waals surface area contributed by atoms with E-state index in [0.29, 0.717) is 12.0 Å². The lowest BCUT2D eigenvalue weighted by Gasteiger charge is -2.24. The maximum Gasteiger partial charge on any atom is 0.115 e. The number of rotatable bonds is 7. The van der Waals surface area contributed by atoms with Gasteiger partial charge in [-0.25, -0.2) is 9.97 Å². The maximum absolute atomic E-state index is 5.12. The molecule has 0 fully saturated rings. The van der Waals surface area contributed by atoms with E-state index in [1.807, 2.05) is 12.4 Å². The van der Waals surface area contributed by atoms with Gasteiger partial charge in [-0.1, -0.05) is 13.8 Å². The number of nitrogens with one attached hydrogen (secondary N) is 1. The molecule has 16 heavy (non-hydrogen) atoms. The number of ether oxygens (including phenoxy) is 1. The molecular weight excluding hydrogens is 202 g/mol. The fraction of sp³-hybridized carbons (Fsp3) is 0.667. The first kappa shape index (κ1) is 13.1. The van der Waals surface area contributed by atoms with Crippen molar-refractivity contribution in [1.82, 2.24) is 15.3 Å². The Morgan fingerprint density at radius 2 is 2.06 bits per heavy atom. The third-order valence-corrected chi connectivity index (χ3v) is 2.71. The third-order valence-electron chi connectivity index (χ3n) is 2.71. The Balaban J connectivity index is 2.66. The van der Waals surface area contributed by atoms with Crippen LogP contribution in [-0.2, 0) is 4.74 Å². The summed E-state index contributed by atoms with van der Waals surface area (Å²) in [5.74, 6) is 0.505. The Hall–Kier alpha value is -1.00. The molecule has 90 valence electrons. The van der Waals surface area contributed by atoms with Crippen LogP contribution in [0.15, 0.2) is 18.7 Å². The van der Waals surface area contributed by atoms with Crippen molar-refractivity contribution in [2.75, 3.05) is 20.3 Å². The molecule has 0 amide bonds. The number of aromatic nitrogens is 2. The molecule has 1 aromatic rings. The molecule has 1 rings (SSSR count). The molecular formula is C12H21N3O. The van der Waals surface area contributed by atoms with E-state index in [0.717, 1.165) is 25.1 Å². The van der Waals surface area contributed by atoms with Crippen LogP contribution in [-0.4, -0.2) is 30.2 Å². The minimum atomic E-state index is 0.307. The predicted molar refractivity (Wildman–Crippen MR) is 64.1 cm³/mol. The van der Waals surface area contributed by atoms with Crippen LogP contribution in [0.1, 0.15) is 31.9 Å². The molecule has 0 aromatic carbocycles. The van der Waals surface area contributed by atoms with Gasteiger partial charge in [0.05, 0.1) is 0 Å². The van der Waals surface area contributed by atoms with Crippen molar-refractivity contribution >= 4 is 0 Å². The topological polar surface area (TPSA) is 47.0 Å². The van der Waals surface area contributed by atoms with Crippen LogP contribution in [0.3, 0.4) is 0 Å². The summed E-state index contributed by atoms with van der Waals surface area (Å²) in [7, 11) is 1.74. The molecule has 0 bridgehead atoms. The lowest BCUT2D eigenvalue weighted by atomic mass is 9.94. The van der Waals surface area contributed by atoms with E-state index in [1.165, 1.54) is 0 Å². The molecule has 0 aliphatic heterocycles. The zero-order valence-electron chi connectivity index (χ0n) is 10.3. The van der Waals surface area contributed by atoms with E-state index in [1.54, 1.807) is 13.4 Å². The summed E-state index contributed by atoms with van der Waals surface area (Å²) < 4.78 is 5.12. The van der Waals surface area contributed by atoms with Crippen LogP contribution in [0.4, 0.5) is 0 Å². The van der Waals surface area contributed by atoms with Gasteiger partial charge in [-0.3, -0.25) is 0 Å². The first-order valence-corrected chi connectivity index (χ1v) is 5.76. The van der Waals surface area contributed by atoms with E-state index in [-0.39, 0.29) is 0 Å². The summed E-state index contributed by atoms with van der Waals surface area (Å²) in [6.45, 7) is 6.06. The third kappa shape index (κ3) is 3.87. The van der Waals surface area contributed by atoms with Crippen LogP contribution in [0.2, 0.25) is 0 Å². The van der Waals surface area contributed by atoms with Crippen LogP contribution in [0.25, 0.3) is 0 Å². The van der Waals surface area contributed by atoms with E-state index in [4.69, 9.17) is 4.74 Å². The van der Waals surface area contributed by atoms with E-state index < -0.39 is 0 Å². The molecule has 0 aliphatic rings. The van der Waals surface area contributed by atoms with Gasteiger partial charge < -0.3 is 10.1 Å². The molecule has 2 unspecified atom stereocenters. The molecule has 0 radical (unpaired) electrons. The van der Waals surface area contributed by atoms with Crippen molar-refractivity contribution in [2.45, 2.75) is 26.3 Å². The van der Waals surface area contributed by atoms with E-state index in [9.17, 15) is 0 Å². The fourth-order valence-corrected chi connectivity index (χ4v) is 1.81. The number of hydrogen-bond donors (Lipinski definition) is 1. The lowest BCUT2D eigenvalue weighted by molar-refractivity contribution is 0.170. The van der Waals surface area contributed by atoms with Crippen molar-refractivity contribution in [3.05, 3.63) is 24.3 Å². The standard InChI is InChI=1S/C12H21N3O/c1-4-15-12(10(2)5-6-16-3)11-7-13-9-14-8-11/h7-10,12,15H,4-6H2,1-3H3. The van der Waals surface area contributed by atoms with Crippen molar-refractivity contribution in [1.29, 1.82) is 0 Å². The molecule has 1 N–H and O–H groups in total. The maximum atomic E-state index is 5.12. The summed E-state index contributed by atoms with van der Waals surface area (Å²) in [6.07, 6.45) is 6.35. The number of methoxy groups -OCH3 is 1. The molecule has 0 saturated heterocycles. The highest BCUT2D eigenvalue weighted by Crippen LogP contribution is 2.23. The van der Waals surface area contributed by atoms with Gasteiger partial charge in [0.1, 0.15) is 6.33 Å². The SMILES string of the molecule is CCNC(c1cncnc1)C(C)CCOC. The largest absolute Gasteiger partial charge is 0.385 e. The predicted octanol–water partition coefficient (Wildman–Crippen LogP) is 1.80. The van der Waals surface area contributed by atoms with Gasteiger partial charge in [-0.2, -0.15) is 0 Å². The quantitative estimate of drug-likeness (QED) is 0.765. The summed E-state index contributed by atoms with van der Waals surface area (Å²) in [4.78, 5) is 8.14. The minimum Gasteiger partial charge on any atom is -0.385 e. The summed E-state index contributed by atoms with van der Waals surface area (Å²) in [5, 5.41) is 3.47. The van der Waals surface area contributed by atoms with E-state index >= 15 is 0 Å². The normalized spacial score (nSPS) is 14.7. The van der Waals surface area contributed by atoms with Crippen molar-refractivity contribution in [3.8, 4) is 0 Å². The Labute approximate surface area is 97.5 Å². The molecule has 1 heterocycles. The Morgan fingerprint density at radius 1 is 1.38 bits per heavy atom. The summed E-state index contributed by atoms with van der Waals surface area (Å²) in [5.41, 5.74) is 1.15. The Bertz CT molecular complexity index is 279. The van der Waals surface area contributed by atoms with Crippen LogP contribution in [0.5, 0.6) is 0 Å². The molecule has 1 aromatic heterocycles. The molecule has 0 saturated carbocycles. The molecule has 4 nitrogen and oxygen atoms in total. The highest BCUT2D eigenvalue weighted by atomic mass is 16.5. The fourth-order valence-electron chi connectivity index (χ4n) is 1.81. The highest BCUT2D eigenvalue weighted by Gasteiger charge is 2.18. The number of nitrogens with zero attached hydrogens (tertiary/aromatic N) is 2. The first-order valence-electron chi connectivity index (χ1n) is 5.76. The van der Waals surface area contributed by atoms with Crippen LogP contribution >= 0.6 is 0 Å². The van der Waals surface area contributed by atoms with Crippen LogP contribution < -0.4 is 5.32 Å². The van der Waals surface area contributed by atoms with Gasteiger partial charge in [-0.05, 0) is 18.9 Å². The van der Waals surface area contributed by atoms with Gasteiger partial charge in [-0.15, -0.1) is 0 Å². The zero-order valence-corrected chi connectivity index (χ0v) is 10.3. The minimum absolute atomic E-state index is 0.307. The number of hydrogen-bond acceptors (Lipinski definition) is 4. The summed E-state index contributed by atoms with van der Waals surface area (Å²) in [6, 6.07) is 0.307. The Morgan fingerprint density at radius 3 is 2.62 bits per heavy atom. The second-order valence-electron chi connectivity index (χ2n) is 3.97. The van der Waals surface area contributed by atoms with Gasteiger partial charge in [0.15, 0.2) is 0 Å². The second-order valence-corrected chi connectivity index (χ2v) is 3.97. The van der Waals surface area contributed by atoms with Crippen molar-refractivity contribution in [3.63, 3.8) is 0 Å².